The highest BCUT2D eigenvalue weighted by molar-refractivity contribution is 5.95. The number of benzene rings is 1. The number of hydrogen-bond donors (Lipinski definition) is 3. The highest BCUT2D eigenvalue weighted by Crippen LogP contribution is 2.30. The SMILES string of the molecule is CCCCNc1cc2c(cc1N)CCC(=O)N2. The highest BCUT2D eigenvalue weighted by atomic mass is 16.1. The molecule has 0 unspecified atom stereocenters. The first-order valence-electron chi connectivity index (χ1n) is 6.17. The van der Waals surface area contributed by atoms with Gasteiger partial charge in [0.1, 0.15) is 0 Å². The summed E-state index contributed by atoms with van der Waals surface area (Å²) in [5.41, 5.74) is 9.69. The fraction of sp³-hybridized carbons (Fsp3) is 0.462. The lowest BCUT2D eigenvalue weighted by molar-refractivity contribution is -0.116. The molecule has 0 aliphatic carbocycles. The van der Waals surface area contributed by atoms with Crippen molar-refractivity contribution in [2.24, 2.45) is 0 Å². The molecule has 1 heterocycles. The average molecular weight is 233 g/mol. The van der Waals surface area contributed by atoms with Crippen LogP contribution in [0.4, 0.5) is 17.1 Å². The molecule has 0 bridgehead atoms. The third-order valence-corrected chi connectivity index (χ3v) is 3.02. The van der Waals surface area contributed by atoms with E-state index in [1.807, 2.05) is 12.1 Å². The molecule has 1 aliphatic rings. The first-order chi connectivity index (χ1) is 8.20. The number of carbonyl (C=O) groups excluding carboxylic acids is 1. The van der Waals surface area contributed by atoms with Crippen LogP contribution in [0.1, 0.15) is 31.7 Å². The predicted octanol–water partition coefficient (Wildman–Crippen LogP) is 2.37. The van der Waals surface area contributed by atoms with Crippen LogP contribution in [0, 0.1) is 0 Å². The lowest BCUT2D eigenvalue weighted by Crippen LogP contribution is -2.19. The molecule has 4 heteroatoms. The Morgan fingerprint density at radius 3 is 3.00 bits per heavy atom. The van der Waals surface area contributed by atoms with Crippen LogP contribution in [0.3, 0.4) is 0 Å². The van der Waals surface area contributed by atoms with Crippen molar-refractivity contribution >= 4 is 23.0 Å². The van der Waals surface area contributed by atoms with Crippen molar-refractivity contribution in [2.45, 2.75) is 32.6 Å². The topological polar surface area (TPSA) is 67.1 Å². The minimum atomic E-state index is 0.0850. The molecule has 17 heavy (non-hydrogen) atoms. The van der Waals surface area contributed by atoms with Gasteiger partial charge >= 0.3 is 0 Å². The van der Waals surface area contributed by atoms with Crippen molar-refractivity contribution in [3.8, 4) is 0 Å². The van der Waals surface area contributed by atoms with Gasteiger partial charge in [-0.15, -0.1) is 0 Å². The number of amides is 1. The fourth-order valence-corrected chi connectivity index (χ4v) is 2.00. The standard InChI is InChI=1S/C13H19N3O/c1-2-3-6-15-12-8-11-9(7-10(12)14)4-5-13(17)16-11/h7-8,15H,2-6,14H2,1H3,(H,16,17). The average Bonchev–Trinajstić information content (AvgIpc) is 2.31. The Kier molecular flexibility index (Phi) is 3.52. The van der Waals surface area contributed by atoms with Gasteiger partial charge in [0.05, 0.1) is 11.4 Å². The number of nitrogen functional groups attached to an aromatic ring is 1. The van der Waals surface area contributed by atoms with Gasteiger partial charge in [0, 0.05) is 18.7 Å². The summed E-state index contributed by atoms with van der Waals surface area (Å²) in [5, 5.41) is 6.19. The molecule has 1 amide bonds. The first-order valence-corrected chi connectivity index (χ1v) is 6.17. The van der Waals surface area contributed by atoms with Gasteiger partial charge in [0.25, 0.3) is 0 Å². The van der Waals surface area contributed by atoms with E-state index in [1.54, 1.807) is 0 Å². The third-order valence-electron chi connectivity index (χ3n) is 3.02. The zero-order chi connectivity index (χ0) is 12.3. The molecule has 1 aromatic rings. The number of hydrogen-bond acceptors (Lipinski definition) is 3. The molecule has 2 rings (SSSR count). The van der Waals surface area contributed by atoms with Crippen molar-refractivity contribution in [3.05, 3.63) is 17.7 Å². The van der Waals surface area contributed by atoms with E-state index >= 15 is 0 Å². The molecule has 4 N–H and O–H groups in total. The minimum Gasteiger partial charge on any atom is -0.397 e. The number of aryl methyl sites for hydroxylation is 1. The van der Waals surface area contributed by atoms with Gasteiger partial charge in [0.2, 0.25) is 5.91 Å². The molecular weight excluding hydrogens is 214 g/mol. The van der Waals surface area contributed by atoms with Gasteiger partial charge in [-0.25, -0.2) is 0 Å². The van der Waals surface area contributed by atoms with E-state index in [0.717, 1.165) is 48.4 Å². The molecule has 0 spiro atoms. The predicted molar refractivity (Wildman–Crippen MR) is 71.2 cm³/mol. The van der Waals surface area contributed by atoms with Crippen LogP contribution in [0.15, 0.2) is 12.1 Å². The van der Waals surface area contributed by atoms with Gasteiger partial charge in [-0.2, -0.15) is 0 Å². The molecule has 1 aromatic carbocycles. The molecule has 1 aliphatic heterocycles. The van der Waals surface area contributed by atoms with E-state index in [9.17, 15) is 4.79 Å². The molecule has 0 fully saturated rings. The summed E-state index contributed by atoms with van der Waals surface area (Å²) in [6.07, 6.45) is 3.59. The Labute approximate surface area is 102 Å². The van der Waals surface area contributed by atoms with E-state index < -0.39 is 0 Å². The van der Waals surface area contributed by atoms with Crippen molar-refractivity contribution in [2.75, 3.05) is 22.9 Å². The summed E-state index contributed by atoms with van der Waals surface area (Å²) < 4.78 is 0. The largest absolute Gasteiger partial charge is 0.397 e. The Morgan fingerprint density at radius 2 is 2.24 bits per heavy atom. The summed E-state index contributed by atoms with van der Waals surface area (Å²) in [4.78, 5) is 11.3. The second-order valence-corrected chi connectivity index (χ2v) is 4.43. The molecule has 0 atom stereocenters. The number of carbonyl (C=O) groups is 1. The number of unbranched alkanes of at least 4 members (excludes halogenated alkanes) is 1. The number of rotatable bonds is 4. The summed E-state index contributed by atoms with van der Waals surface area (Å²) in [5.74, 6) is 0.0850. The molecule has 0 saturated carbocycles. The van der Waals surface area contributed by atoms with Crippen molar-refractivity contribution < 1.29 is 4.79 Å². The summed E-state index contributed by atoms with van der Waals surface area (Å²) in [7, 11) is 0. The Hall–Kier alpha value is -1.71. The van der Waals surface area contributed by atoms with Gasteiger partial charge in [-0.3, -0.25) is 4.79 Å². The van der Waals surface area contributed by atoms with Gasteiger partial charge in [-0.1, -0.05) is 13.3 Å². The molecule has 4 nitrogen and oxygen atoms in total. The quantitative estimate of drug-likeness (QED) is 0.552. The van der Waals surface area contributed by atoms with Crippen molar-refractivity contribution in [1.29, 1.82) is 0 Å². The normalized spacial score (nSPS) is 14.1. The number of fused-ring (bicyclic) bond motifs is 1. The molecule has 0 radical (unpaired) electrons. The Bertz CT molecular complexity index is 429. The van der Waals surface area contributed by atoms with Crippen LogP contribution in [0.2, 0.25) is 0 Å². The van der Waals surface area contributed by atoms with Crippen LogP contribution in [0.25, 0.3) is 0 Å². The van der Waals surface area contributed by atoms with Gasteiger partial charge in [0.15, 0.2) is 0 Å². The van der Waals surface area contributed by atoms with Crippen LogP contribution >= 0.6 is 0 Å². The lowest BCUT2D eigenvalue weighted by Gasteiger charge is -2.19. The van der Waals surface area contributed by atoms with Crippen LogP contribution in [-0.4, -0.2) is 12.5 Å². The second-order valence-electron chi connectivity index (χ2n) is 4.43. The number of nitrogens with two attached hydrogens (primary N) is 1. The zero-order valence-electron chi connectivity index (χ0n) is 10.2. The monoisotopic (exact) mass is 233 g/mol. The molecule has 92 valence electrons. The van der Waals surface area contributed by atoms with E-state index in [-0.39, 0.29) is 5.91 Å². The molecular formula is C13H19N3O. The van der Waals surface area contributed by atoms with Crippen LogP contribution in [0.5, 0.6) is 0 Å². The van der Waals surface area contributed by atoms with Crippen LogP contribution in [-0.2, 0) is 11.2 Å². The van der Waals surface area contributed by atoms with E-state index in [2.05, 4.69) is 17.6 Å². The Morgan fingerprint density at radius 1 is 1.41 bits per heavy atom. The van der Waals surface area contributed by atoms with Gasteiger partial charge < -0.3 is 16.4 Å². The zero-order valence-corrected chi connectivity index (χ0v) is 10.2. The Balaban J connectivity index is 2.17. The fourth-order valence-electron chi connectivity index (χ4n) is 2.00. The second kappa shape index (κ2) is 5.08. The highest BCUT2D eigenvalue weighted by Gasteiger charge is 2.16. The minimum absolute atomic E-state index is 0.0850. The maximum atomic E-state index is 11.3. The summed E-state index contributed by atoms with van der Waals surface area (Å²) in [6.45, 7) is 3.06. The van der Waals surface area contributed by atoms with Gasteiger partial charge in [-0.05, 0) is 30.5 Å². The van der Waals surface area contributed by atoms with Crippen molar-refractivity contribution in [3.63, 3.8) is 0 Å². The third kappa shape index (κ3) is 2.70. The van der Waals surface area contributed by atoms with E-state index in [0.29, 0.717) is 6.42 Å². The van der Waals surface area contributed by atoms with Crippen LogP contribution < -0.4 is 16.4 Å². The number of anilines is 3. The maximum Gasteiger partial charge on any atom is 0.224 e. The maximum absolute atomic E-state index is 11.3. The van der Waals surface area contributed by atoms with E-state index in [4.69, 9.17) is 5.73 Å². The summed E-state index contributed by atoms with van der Waals surface area (Å²) >= 11 is 0. The first kappa shape index (κ1) is 11.8. The number of nitrogens with one attached hydrogen (secondary N) is 2. The summed E-state index contributed by atoms with van der Waals surface area (Å²) in [6, 6.07) is 3.90. The van der Waals surface area contributed by atoms with E-state index in [1.165, 1.54) is 0 Å². The molecule has 0 aromatic heterocycles. The van der Waals surface area contributed by atoms with Crippen molar-refractivity contribution in [1.82, 2.24) is 0 Å². The smallest absolute Gasteiger partial charge is 0.224 e. The molecule has 0 saturated heterocycles. The lowest BCUT2D eigenvalue weighted by atomic mass is 10.0.